The summed E-state index contributed by atoms with van der Waals surface area (Å²) in [5.74, 6) is -0.162. The number of thioether (sulfide) groups is 1. The van der Waals surface area contributed by atoms with Crippen LogP contribution in [0.2, 0.25) is 0 Å². The van der Waals surface area contributed by atoms with Crippen molar-refractivity contribution in [3.63, 3.8) is 0 Å². The van der Waals surface area contributed by atoms with E-state index in [0.717, 1.165) is 27.3 Å². The second-order valence-electron chi connectivity index (χ2n) is 7.53. The molecule has 7 heteroatoms. The third-order valence-corrected chi connectivity index (χ3v) is 6.22. The molecule has 2 atom stereocenters. The first-order chi connectivity index (χ1) is 14.4. The van der Waals surface area contributed by atoms with Gasteiger partial charge in [0, 0.05) is 29.0 Å². The molecule has 0 saturated carbocycles. The molecule has 2 heterocycles. The van der Waals surface area contributed by atoms with Gasteiger partial charge in [0.2, 0.25) is 5.91 Å². The SMILES string of the molecule is CSc1ccc([C@H]2c3c(C)nn(C)c3NC(=O)[C@H]2NC(=O)c2cccc(C)c2)cc1. The first-order valence-corrected chi connectivity index (χ1v) is 11.0. The molecule has 1 aromatic heterocycles. The highest BCUT2D eigenvalue weighted by Gasteiger charge is 2.41. The van der Waals surface area contributed by atoms with Gasteiger partial charge in [-0.1, -0.05) is 29.8 Å². The Kier molecular flexibility index (Phi) is 5.39. The number of rotatable bonds is 4. The summed E-state index contributed by atoms with van der Waals surface area (Å²) in [6, 6.07) is 14.7. The molecule has 30 heavy (non-hydrogen) atoms. The summed E-state index contributed by atoms with van der Waals surface area (Å²) < 4.78 is 1.68. The molecule has 0 radical (unpaired) electrons. The molecule has 0 aliphatic carbocycles. The fourth-order valence-corrected chi connectivity index (χ4v) is 4.45. The van der Waals surface area contributed by atoms with Crippen molar-refractivity contribution in [3.05, 3.63) is 76.5 Å². The van der Waals surface area contributed by atoms with E-state index in [-0.39, 0.29) is 17.7 Å². The molecule has 6 nitrogen and oxygen atoms in total. The highest BCUT2D eigenvalue weighted by molar-refractivity contribution is 7.98. The first kappa shape index (κ1) is 20.2. The Hall–Kier alpha value is -3.06. The van der Waals surface area contributed by atoms with Gasteiger partial charge in [-0.2, -0.15) is 5.10 Å². The van der Waals surface area contributed by atoms with Gasteiger partial charge in [-0.15, -0.1) is 11.8 Å². The fraction of sp³-hybridized carbons (Fsp3) is 0.261. The summed E-state index contributed by atoms with van der Waals surface area (Å²) in [6.07, 6.45) is 2.03. The highest BCUT2D eigenvalue weighted by atomic mass is 32.2. The van der Waals surface area contributed by atoms with Crippen molar-refractivity contribution in [3.8, 4) is 0 Å². The van der Waals surface area contributed by atoms with E-state index in [1.807, 2.05) is 69.6 Å². The summed E-state index contributed by atoms with van der Waals surface area (Å²) in [5, 5.41) is 10.4. The molecular formula is C23H24N4O2S. The molecule has 154 valence electrons. The molecule has 2 amide bonds. The maximum Gasteiger partial charge on any atom is 0.251 e. The predicted molar refractivity (Wildman–Crippen MR) is 119 cm³/mol. The van der Waals surface area contributed by atoms with Gasteiger partial charge in [0.25, 0.3) is 5.91 Å². The second-order valence-corrected chi connectivity index (χ2v) is 8.41. The van der Waals surface area contributed by atoms with Crippen LogP contribution >= 0.6 is 11.8 Å². The molecule has 1 aliphatic heterocycles. The van der Waals surface area contributed by atoms with E-state index in [1.165, 1.54) is 0 Å². The fourth-order valence-electron chi connectivity index (χ4n) is 4.04. The minimum Gasteiger partial charge on any atom is -0.339 e. The molecule has 0 fully saturated rings. The van der Waals surface area contributed by atoms with Crippen molar-refractivity contribution < 1.29 is 9.59 Å². The second kappa shape index (κ2) is 7.99. The number of aromatic nitrogens is 2. The van der Waals surface area contributed by atoms with E-state index in [1.54, 1.807) is 22.5 Å². The number of nitrogens with zero attached hydrogens (tertiary/aromatic N) is 2. The van der Waals surface area contributed by atoms with Gasteiger partial charge in [-0.3, -0.25) is 14.3 Å². The van der Waals surface area contributed by atoms with Gasteiger partial charge in [-0.25, -0.2) is 0 Å². The van der Waals surface area contributed by atoms with Crippen molar-refractivity contribution in [2.45, 2.75) is 30.7 Å². The average molecular weight is 421 g/mol. The normalized spacial score (nSPS) is 17.9. The maximum absolute atomic E-state index is 13.1. The lowest BCUT2D eigenvalue weighted by Crippen LogP contribution is -2.50. The van der Waals surface area contributed by atoms with E-state index in [4.69, 9.17) is 0 Å². The molecule has 4 rings (SSSR count). The molecule has 2 aromatic carbocycles. The van der Waals surface area contributed by atoms with Gasteiger partial charge in [0.05, 0.1) is 5.69 Å². The lowest BCUT2D eigenvalue weighted by molar-refractivity contribution is -0.118. The number of hydrogen-bond donors (Lipinski definition) is 2. The van der Waals surface area contributed by atoms with Crippen LogP contribution in [-0.2, 0) is 11.8 Å². The summed E-state index contributed by atoms with van der Waals surface area (Å²) >= 11 is 1.66. The van der Waals surface area contributed by atoms with Crippen LogP contribution in [0.3, 0.4) is 0 Å². The third kappa shape index (κ3) is 3.61. The highest BCUT2D eigenvalue weighted by Crippen LogP contribution is 2.39. The summed E-state index contributed by atoms with van der Waals surface area (Å²) in [7, 11) is 1.81. The van der Waals surface area contributed by atoms with Crippen LogP contribution in [-0.4, -0.2) is 33.9 Å². The molecular weight excluding hydrogens is 396 g/mol. The largest absolute Gasteiger partial charge is 0.339 e. The van der Waals surface area contributed by atoms with Crippen LogP contribution in [0, 0.1) is 13.8 Å². The molecule has 0 unspecified atom stereocenters. The Morgan fingerprint density at radius 3 is 2.57 bits per heavy atom. The number of hydrogen-bond acceptors (Lipinski definition) is 4. The number of amides is 2. The standard InChI is InChI=1S/C23H24N4O2S/c1-13-6-5-7-16(12-13)22(28)24-20-19(15-8-10-17(30-4)11-9-15)18-14(2)26-27(3)21(18)25-23(20)29/h5-12,19-20H,1-4H3,(H,24,28)(H,25,29)/t19-,20-/m0/s1. The molecule has 1 aliphatic rings. The van der Waals surface area contributed by atoms with Gasteiger partial charge >= 0.3 is 0 Å². The first-order valence-electron chi connectivity index (χ1n) is 9.75. The van der Waals surface area contributed by atoms with E-state index in [2.05, 4.69) is 15.7 Å². The van der Waals surface area contributed by atoms with Gasteiger partial charge in [0.1, 0.15) is 11.9 Å². The minimum absolute atomic E-state index is 0.245. The number of benzene rings is 2. The number of fused-ring (bicyclic) bond motifs is 1. The van der Waals surface area contributed by atoms with E-state index in [9.17, 15) is 9.59 Å². The summed E-state index contributed by atoms with van der Waals surface area (Å²) in [6.45, 7) is 3.87. The smallest absolute Gasteiger partial charge is 0.251 e. The van der Waals surface area contributed by atoms with Crippen LogP contribution in [0.4, 0.5) is 5.82 Å². The van der Waals surface area contributed by atoms with Crippen LogP contribution in [0.1, 0.15) is 38.7 Å². The molecule has 2 N–H and O–H groups in total. The maximum atomic E-state index is 13.1. The quantitative estimate of drug-likeness (QED) is 0.632. The minimum atomic E-state index is -0.742. The number of carbonyl (C=O) groups is 2. The topological polar surface area (TPSA) is 76.0 Å². The van der Waals surface area contributed by atoms with Crippen LogP contribution in [0.25, 0.3) is 0 Å². The number of aryl methyl sites for hydroxylation is 3. The van der Waals surface area contributed by atoms with Gasteiger partial charge in [-0.05, 0) is 49.9 Å². The van der Waals surface area contributed by atoms with Gasteiger partial charge < -0.3 is 10.6 Å². The van der Waals surface area contributed by atoms with Crippen molar-refractivity contribution >= 4 is 29.4 Å². The van der Waals surface area contributed by atoms with Crippen LogP contribution < -0.4 is 10.6 Å². The Morgan fingerprint density at radius 1 is 1.17 bits per heavy atom. The van der Waals surface area contributed by atoms with E-state index in [0.29, 0.717) is 11.4 Å². The lowest BCUT2D eigenvalue weighted by Gasteiger charge is -2.32. The van der Waals surface area contributed by atoms with Crippen molar-refractivity contribution in [1.82, 2.24) is 15.1 Å². The number of anilines is 1. The van der Waals surface area contributed by atoms with Crippen molar-refractivity contribution in [1.29, 1.82) is 0 Å². The van der Waals surface area contributed by atoms with Gasteiger partial charge in [0.15, 0.2) is 0 Å². The third-order valence-electron chi connectivity index (χ3n) is 5.48. The predicted octanol–water partition coefficient (Wildman–Crippen LogP) is 3.64. The zero-order valence-electron chi connectivity index (χ0n) is 17.4. The Bertz CT molecular complexity index is 1120. The lowest BCUT2D eigenvalue weighted by atomic mass is 9.82. The monoisotopic (exact) mass is 420 g/mol. The zero-order chi connectivity index (χ0) is 21.4. The Balaban J connectivity index is 1.77. The average Bonchev–Trinajstić information content (AvgIpc) is 3.01. The Labute approximate surface area is 180 Å². The van der Waals surface area contributed by atoms with Crippen molar-refractivity contribution in [2.24, 2.45) is 7.05 Å². The van der Waals surface area contributed by atoms with E-state index >= 15 is 0 Å². The molecule has 0 saturated heterocycles. The van der Waals surface area contributed by atoms with E-state index < -0.39 is 6.04 Å². The van der Waals surface area contributed by atoms with Crippen LogP contribution in [0.5, 0.6) is 0 Å². The number of nitrogens with one attached hydrogen (secondary N) is 2. The van der Waals surface area contributed by atoms with Crippen molar-refractivity contribution in [2.75, 3.05) is 11.6 Å². The zero-order valence-corrected chi connectivity index (χ0v) is 18.2. The number of carbonyl (C=O) groups excluding carboxylic acids is 2. The molecule has 3 aromatic rings. The van der Waals surface area contributed by atoms with Crippen LogP contribution in [0.15, 0.2) is 53.4 Å². The summed E-state index contributed by atoms with van der Waals surface area (Å²) in [4.78, 5) is 27.2. The Morgan fingerprint density at radius 2 is 1.90 bits per heavy atom. The molecule has 0 spiro atoms. The molecule has 0 bridgehead atoms. The summed E-state index contributed by atoms with van der Waals surface area (Å²) in [5.41, 5.74) is 4.26.